The molecule has 0 radical (unpaired) electrons. The first-order valence-corrected chi connectivity index (χ1v) is 9.71. The van der Waals surface area contributed by atoms with Crippen LogP contribution in [0.1, 0.15) is 54.6 Å². The van der Waals surface area contributed by atoms with E-state index in [4.69, 9.17) is 4.98 Å². The number of pyridine rings is 2. The quantitative estimate of drug-likeness (QED) is 0.712. The fourth-order valence-corrected chi connectivity index (χ4v) is 3.82. The second kappa shape index (κ2) is 8.18. The van der Waals surface area contributed by atoms with Gasteiger partial charge in [-0.05, 0) is 67.0 Å². The molecule has 0 bridgehead atoms. The molecule has 4 rings (SSSR count). The molecule has 1 saturated carbocycles. The van der Waals surface area contributed by atoms with Crippen LogP contribution in [-0.2, 0) is 18.3 Å². The van der Waals surface area contributed by atoms with Gasteiger partial charge in [0, 0.05) is 18.6 Å². The monoisotopic (exact) mass is 356 g/mol. The highest BCUT2D eigenvalue weighted by Gasteiger charge is 2.33. The topological polar surface area (TPSA) is 54.5 Å². The van der Waals surface area contributed by atoms with Gasteiger partial charge in [0.15, 0.2) is 0 Å². The summed E-state index contributed by atoms with van der Waals surface area (Å²) in [6.45, 7) is 0. The van der Waals surface area contributed by atoms with Gasteiger partial charge in [0.1, 0.15) is 5.69 Å². The standard InChI is InChI=1S/C23H24N4/c1-3-11-23(12-4-1,13-9-21-6-2-5-14-24-21)22-16-19(10-15-25-22)7-8-20-17-26-27-18-20/h2,5-6,10,14-18H,1,3-4,7-8,11-12H2,(H,26,27). The van der Waals surface area contributed by atoms with Crippen LogP contribution >= 0.6 is 0 Å². The highest BCUT2D eigenvalue weighted by atomic mass is 15.1. The van der Waals surface area contributed by atoms with Crippen molar-refractivity contribution in [3.05, 3.63) is 77.6 Å². The van der Waals surface area contributed by atoms with Crippen molar-refractivity contribution >= 4 is 0 Å². The first kappa shape index (κ1) is 17.5. The molecule has 0 atom stereocenters. The minimum absolute atomic E-state index is 0.151. The van der Waals surface area contributed by atoms with Crippen LogP contribution in [0.15, 0.2) is 55.1 Å². The van der Waals surface area contributed by atoms with Gasteiger partial charge < -0.3 is 0 Å². The zero-order valence-corrected chi connectivity index (χ0v) is 15.5. The van der Waals surface area contributed by atoms with E-state index in [0.29, 0.717) is 0 Å². The Morgan fingerprint density at radius 1 is 0.963 bits per heavy atom. The summed E-state index contributed by atoms with van der Waals surface area (Å²) < 4.78 is 0. The lowest BCUT2D eigenvalue weighted by Gasteiger charge is -2.32. The van der Waals surface area contributed by atoms with Gasteiger partial charge in [0.2, 0.25) is 0 Å². The molecule has 1 N–H and O–H groups in total. The van der Waals surface area contributed by atoms with Gasteiger partial charge in [-0.2, -0.15) is 5.10 Å². The smallest absolute Gasteiger partial charge is 0.113 e. The van der Waals surface area contributed by atoms with Gasteiger partial charge in [0.05, 0.1) is 17.3 Å². The van der Waals surface area contributed by atoms with E-state index in [1.165, 1.54) is 30.4 Å². The van der Waals surface area contributed by atoms with Gasteiger partial charge in [-0.25, -0.2) is 4.98 Å². The van der Waals surface area contributed by atoms with Gasteiger partial charge in [-0.1, -0.05) is 31.2 Å². The Morgan fingerprint density at radius 2 is 1.85 bits per heavy atom. The van der Waals surface area contributed by atoms with Crippen LogP contribution < -0.4 is 0 Å². The summed E-state index contributed by atoms with van der Waals surface area (Å²) in [5.41, 5.74) is 4.34. The summed E-state index contributed by atoms with van der Waals surface area (Å²) in [7, 11) is 0. The summed E-state index contributed by atoms with van der Waals surface area (Å²) in [5.74, 6) is 6.89. The lowest BCUT2D eigenvalue weighted by Crippen LogP contribution is -2.28. The van der Waals surface area contributed by atoms with E-state index in [-0.39, 0.29) is 5.41 Å². The average Bonchev–Trinajstić information content (AvgIpc) is 3.26. The summed E-state index contributed by atoms with van der Waals surface area (Å²) in [6.07, 6.45) is 15.4. The summed E-state index contributed by atoms with van der Waals surface area (Å²) in [6, 6.07) is 10.3. The van der Waals surface area contributed by atoms with Gasteiger partial charge >= 0.3 is 0 Å². The number of rotatable bonds is 4. The number of nitrogens with one attached hydrogen (secondary N) is 1. The molecule has 3 heterocycles. The van der Waals surface area contributed by atoms with Crippen LogP contribution in [0.3, 0.4) is 0 Å². The minimum atomic E-state index is -0.151. The first-order valence-electron chi connectivity index (χ1n) is 9.71. The largest absolute Gasteiger partial charge is 0.285 e. The van der Waals surface area contributed by atoms with E-state index in [2.05, 4.69) is 39.2 Å². The Kier molecular flexibility index (Phi) is 5.29. The molecule has 4 nitrogen and oxygen atoms in total. The molecule has 27 heavy (non-hydrogen) atoms. The molecule has 3 aromatic rings. The molecule has 1 aliphatic carbocycles. The molecular formula is C23H24N4. The molecule has 4 heteroatoms. The van der Waals surface area contributed by atoms with Crippen LogP contribution in [0, 0.1) is 11.8 Å². The van der Waals surface area contributed by atoms with Gasteiger partial charge in [0.25, 0.3) is 0 Å². The Bertz CT molecular complexity index is 914. The fraction of sp³-hybridized carbons (Fsp3) is 0.348. The van der Waals surface area contributed by atoms with E-state index >= 15 is 0 Å². The van der Waals surface area contributed by atoms with Crippen molar-refractivity contribution in [2.24, 2.45) is 0 Å². The van der Waals surface area contributed by atoms with Crippen molar-refractivity contribution in [1.82, 2.24) is 20.2 Å². The van der Waals surface area contributed by atoms with E-state index in [1.807, 2.05) is 36.8 Å². The zero-order chi connectivity index (χ0) is 18.4. The van der Waals surface area contributed by atoms with Crippen molar-refractivity contribution in [2.45, 2.75) is 50.4 Å². The number of nitrogens with zero attached hydrogens (tertiary/aromatic N) is 3. The maximum atomic E-state index is 4.75. The second-order valence-electron chi connectivity index (χ2n) is 7.26. The van der Waals surface area contributed by atoms with Crippen LogP contribution in [0.2, 0.25) is 0 Å². The molecule has 0 spiro atoms. The summed E-state index contributed by atoms with van der Waals surface area (Å²) >= 11 is 0. The highest BCUT2D eigenvalue weighted by Crippen LogP contribution is 2.38. The molecule has 0 aromatic carbocycles. The Hall–Kier alpha value is -2.93. The molecule has 0 unspecified atom stereocenters. The molecule has 3 aromatic heterocycles. The van der Waals surface area contributed by atoms with Crippen LogP contribution in [-0.4, -0.2) is 20.2 Å². The van der Waals surface area contributed by atoms with Gasteiger partial charge in [-0.15, -0.1) is 0 Å². The molecular weight excluding hydrogens is 332 g/mol. The normalized spacial score (nSPS) is 15.7. The predicted molar refractivity (Wildman–Crippen MR) is 106 cm³/mol. The number of aromatic amines is 1. The Morgan fingerprint density at radius 3 is 2.63 bits per heavy atom. The predicted octanol–water partition coefficient (Wildman–Crippen LogP) is 4.24. The number of hydrogen-bond acceptors (Lipinski definition) is 3. The molecule has 1 aliphatic rings. The maximum Gasteiger partial charge on any atom is 0.113 e. The number of H-pyrrole nitrogens is 1. The van der Waals surface area contributed by atoms with Crippen LogP contribution in [0.25, 0.3) is 0 Å². The third-order valence-electron chi connectivity index (χ3n) is 5.37. The Labute approximate surface area is 160 Å². The van der Waals surface area contributed by atoms with Crippen molar-refractivity contribution in [2.75, 3.05) is 0 Å². The fourth-order valence-electron chi connectivity index (χ4n) is 3.82. The summed E-state index contributed by atoms with van der Waals surface area (Å²) in [4.78, 5) is 9.11. The van der Waals surface area contributed by atoms with Crippen molar-refractivity contribution in [1.29, 1.82) is 0 Å². The lowest BCUT2D eigenvalue weighted by atomic mass is 9.71. The molecule has 0 aliphatic heterocycles. The second-order valence-corrected chi connectivity index (χ2v) is 7.26. The molecule has 0 saturated heterocycles. The third kappa shape index (κ3) is 4.25. The van der Waals surface area contributed by atoms with Gasteiger partial charge in [-0.3, -0.25) is 10.1 Å². The SMILES string of the molecule is C(#CC1(c2cc(CCc3cn[nH]c3)ccn2)CCCCC1)c1ccccn1. The van der Waals surface area contributed by atoms with E-state index in [9.17, 15) is 0 Å². The molecule has 136 valence electrons. The minimum Gasteiger partial charge on any atom is -0.285 e. The molecule has 0 amide bonds. The number of aryl methyl sites for hydroxylation is 2. The van der Waals surface area contributed by atoms with E-state index in [1.54, 1.807) is 6.20 Å². The van der Waals surface area contributed by atoms with Crippen LogP contribution in [0.4, 0.5) is 0 Å². The van der Waals surface area contributed by atoms with Crippen LogP contribution in [0.5, 0.6) is 0 Å². The summed E-state index contributed by atoms with van der Waals surface area (Å²) in [5, 5.41) is 6.91. The highest BCUT2D eigenvalue weighted by molar-refractivity contribution is 5.38. The zero-order valence-electron chi connectivity index (χ0n) is 15.5. The number of hydrogen-bond donors (Lipinski definition) is 1. The first-order chi connectivity index (χ1) is 13.3. The lowest BCUT2D eigenvalue weighted by molar-refractivity contribution is 0.361. The maximum absolute atomic E-state index is 4.75. The molecule has 1 fully saturated rings. The van der Waals surface area contributed by atoms with Crippen molar-refractivity contribution in [3.8, 4) is 11.8 Å². The van der Waals surface area contributed by atoms with E-state index < -0.39 is 0 Å². The van der Waals surface area contributed by atoms with E-state index in [0.717, 1.165) is 37.1 Å². The van der Waals surface area contributed by atoms with Crippen molar-refractivity contribution < 1.29 is 0 Å². The third-order valence-corrected chi connectivity index (χ3v) is 5.37. The average molecular weight is 356 g/mol. The number of aromatic nitrogens is 4. The Balaban J connectivity index is 1.60. The van der Waals surface area contributed by atoms with Crippen molar-refractivity contribution in [3.63, 3.8) is 0 Å².